The fraction of sp³-hybridized carbons (Fsp3) is 0.294. The molecule has 8 heteroatoms. The molecule has 0 bridgehead atoms. The van der Waals surface area contributed by atoms with Gasteiger partial charge in [0.25, 0.3) is 5.91 Å². The molecule has 1 unspecified atom stereocenters. The summed E-state index contributed by atoms with van der Waals surface area (Å²) in [6, 6.07) is 6.48. The van der Waals surface area contributed by atoms with Crippen molar-refractivity contribution in [3.8, 4) is 11.6 Å². The molecule has 1 N–H and O–H groups in total. The standard InChI is InChI=1S/C17H16Cl2N2O4/c1-23-15-3-2-11(7-13(15)18)21-16(22)10-6-14(19)17(20-8-10)25-12-4-5-24-9-12/h2-3,6-8,12H,4-5,9H2,1H3,(H,21,22). The molecule has 1 amide bonds. The minimum atomic E-state index is -0.355. The summed E-state index contributed by atoms with van der Waals surface area (Å²) in [4.78, 5) is 16.5. The van der Waals surface area contributed by atoms with Gasteiger partial charge in [0, 0.05) is 18.3 Å². The Morgan fingerprint density at radius 3 is 2.80 bits per heavy atom. The number of carbonyl (C=O) groups is 1. The van der Waals surface area contributed by atoms with Gasteiger partial charge in [0.05, 0.1) is 30.9 Å². The minimum absolute atomic E-state index is 0.0638. The Balaban J connectivity index is 1.69. The normalized spacial score (nSPS) is 16.5. The maximum absolute atomic E-state index is 12.3. The molecule has 25 heavy (non-hydrogen) atoms. The fourth-order valence-electron chi connectivity index (χ4n) is 2.35. The van der Waals surface area contributed by atoms with E-state index in [4.69, 9.17) is 37.4 Å². The molecular weight excluding hydrogens is 367 g/mol. The van der Waals surface area contributed by atoms with Gasteiger partial charge in [-0.05, 0) is 24.3 Å². The topological polar surface area (TPSA) is 69.7 Å². The molecule has 1 aromatic carbocycles. The van der Waals surface area contributed by atoms with Crippen LogP contribution in [0, 0.1) is 0 Å². The first-order valence-corrected chi connectivity index (χ1v) is 8.37. The Bertz CT molecular complexity index is 779. The van der Waals surface area contributed by atoms with E-state index in [1.165, 1.54) is 19.4 Å². The van der Waals surface area contributed by atoms with Crippen LogP contribution in [0.1, 0.15) is 16.8 Å². The summed E-state index contributed by atoms with van der Waals surface area (Å²) >= 11 is 12.2. The van der Waals surface area contributed by atoms with Crippen molar-refractivity contribution in [1.29, 1.82) is 0 Å². The monoisotopic (exact) mass is 382 g/mol. The van der Waals surface area contributed by atoms with Gasteiger partial charge in [0.1, 0.15) is 16.9 Å². The highest BCUT2D eigenvalue weighted by atomic mass is 35.5. The zero-order valence-electron chi connectivity index (χ0n) is 13.4. The number of nitrogens with one attached hydrogen (secondary N) is 1. The molecule has 2 heterocycles. The molecule has 1 aliphatic rings. The number of pyridine rings is 1. The molecule has 6 nitrogen and oxygen atoms in total. The number of halogens is 2. The number of hydrogen-bond acceptors (Lipinski definition) is 5. The molecular formula is C17H16Cl2N2O4. The number of carbonyl (C=O) groups excluding carboxylic acids is 1. The van der Waals surface area contributed by atoms with Gasteiger partial charge in [-0.1, -0.05) is 23.2 Å². The van der Waals surface area contributed by atoms with Crippen molar-refractivity contribution >= 4 is 34.8 Å². The van der Waals surface area contributed by atoms with Crippen molar-refractivity contribution in [3.05, 3.63) is 46.1 Å². The lowest BCUT2D eigenvalue weighted by Gasteiger charge is -2.13. The zero-order chi connectivity index (χ0) is 17.8. The van der Waals surface area contributed by atoms with Gasteiger partial charge in [-0.25, -0.2) is 4.98 Å². The van der Waals surface area contributed by atoms with Crippen molar-refractivity contribution in [2.24, 2.45) is 0 Å². The number of hydrogen-bond donors (Lipinski definition) is 1. The van der Waals surface area contributed by atoms with Crippen LogP contribution in [0.3, 0.4) is 0 Å². The fourth-order valence-corrected chi connectivity index (χ4v) is 2.82. The van der Waals surface area contributed by atoms with Crippen molar-refractivity contribution < 1.29 is 19.0 Å². The van der Waals surface area contributed by atoms with E-state index in [9.17, 15) is 4.79 Å². The lowest BCUT2D eigenvalue weighted by molar-refractivity contribution is 0.102. The van der Waals surface area contributed by atoms with Gasteiger partial charge < -0.3 is 19.5 Å². The van der Waals surface area contributed by atoms with E-state index in [1.54, 1.807) is 18.2 Å². The smallest absolute Gasteiger partial charge is 0.257 e. The molecule has 1 aromatic heterocycles. The van der Waals surface area contributed by atoms with E-state index in [0.29, 0.717) is 41.1 Å². The van der Waals surface area contributed by atoms with Gasteiger partial charge in [-0.3, -0.25) is 4.79 Å². The van der Waals surface area contributed by atoms with Crippen LogP contribution in [0.5, 0.6) is 11.6 Å². The molecule has 2 aromatic rings. The maximum Gasteiger partial charge on any atom is 0.257 e. The highest BCUT2D eigenvalue weighted by molar-refractivity contribution is 6.32. The number of anilines is 1. The third kappa shape index (κ3) is 4.34. The van der Waals surface area contributed by atoms with Crippen molar-refractivity contribution in [1.82, 2.24) is 4.98 Å². The molecule has 132 valence electrons. The molecule has 0 spiro atoms. The average molecular weight is 383 g/mol. The van der Waals surface area contributed by atoms with Crippen LogP contribution in [0.25, 0.3) is 0 Å². The van der Waals surface area contributed by atoms with E-state index < -0.39 is 0 Å². The lowest BCUT2D eigenvalue weighted by atomic mass is 10.2. The van der Waals surface area contributed by atoms with Gasteiger partial charge >= 0.3 is 0 Å². The Kier molecular flexibility index (Phi) is 5.63. The predicted octanol–water partition coefficient (Wildman–Crippen LogP) is 3.82. The SMILES string of the molecule is COc1ccc(NC(=O)c2cnc(OC3CCOC3)c(Cl)c2)cc1Cl. The van der Waals surface area contributed by atoms with Crippen molar-refractivity contribution in [2.75, 3.05) is 25.6 Å². The molecule has 1 saturated heterocycles. The van der Waals surface area contributed by atoms with Crippen LogP contribution in [0.4, 0.5) is 5.69 Å². The number of amides is 1. The van der Waals surface area contributed by atoms with Crippen LogP contribution in [-0.4, -0.2) is 37.3 Å². The second-order valence-corrected chi connectivity index (χ2v) is 6.23. The molecule has 0 saturated carbocycles. The second kappa shape index (κ2) is 7.91. The number of aromatic nitrogens is 1. The Labute approximate surface area is 155 Å². The first-order chi connectivity index (χ1) is 12.1. The van der Waals surface area contributed by atoms with Crippen LogP contribution < -0.4 is 14.8 Å². The van der Waals surface area contributed by atoms with E-state index in [0.717, 1.165) is 6.42 Å². The summed E-state index contributed by atoms with van der Waals surface area (Å²) in [6.45, 7) is 1.17. The van der Waals surface area contributed by atoms with E-state index >= 15 is 0 Å². The summed E-state index contributed by atoms with van der Waals surface area (Å²) in [5, 5.41) is 3.40. The molecule has 0 radical (unpaired) electrons. The van der Waals surface area contributed by atoms with E-state index in [1.807, 2.05) is 0 Å². The highest BCUT2D eigenvalue weighted by Gasteiger charge is 2.20. The number of rotatable bonds is 5. The summed E-state index contributed by atoms with van der Waals surface area (Å²) in [7, 11) is 1.52. The molecule has 1 aliphatic heterocycles. The first kappa shape index (κ1) is 17.8. The number of benzene rings is 1. The Morgan fingerprint density at radius 1 is 1.32 bits per heavy atom. The molecule has 1 fully saturated rings. The predicted molar refractivity (Wildman–Crippen MR) is 95.1 cm³/mol. The zero-order valence-corrected chi connectivity index (χ0v) is 14.9. The number of ether oxygens (including phenoxy) is 3. The third-order valence-electron chi connectivity index (χ3n) is 3.65. The summed E-state index contributed by atoms with van der Waals surface area (Å²) < 4.78 is 16.0. The first-order valence-electron chi connectivity index (χ1n) is 7.61. The van der Waals surface area contributed by atoms with Gasteiger partial charge in [0.15, 0.2) is 0 Å². The van der Waals surface area contributed by atoms with Crippen LogP contribution in [-0.2, 0) is 4.74 Å². The molecule has 3 rings (SSSR count). The Hall–Kier alpha value is -2.02. The van der Waals surface area contributed by atoms with Crippen LogP contribution >= 0.6 is 23.2 Å². The van der Waals surface area contributed by atoms with E-state index in [2.05, 4.69) is 10.3 Å². The highest BCUT2D eigenvalue weighted by Crippen LogP contribution is 2.28. The minimum Gasteiger partial charge on any atom is -0.495 e. The molecule has 1 atom stereocenters. The largest absolute Gasteiger partial charge is 0.495 e. The van der Waals surface area contributed by atoms with Gasteiger partial charge in [0.2, 0.25) is 5.88 Å². The maximum atomic E-state index is 12.3. The van der Waals surface area contributed by atoms with E-state index in [-0.39, 0.29) is 17.0 Å². The quantitative estimate of drug-likeness (QED) is 0.850. The summed E-state index contributed by atoms with van der Waals surface area (Å²) in [5.41, 5.74) is 0.849. The number of nitrogens with zero attached hydrogens (tertiary/aromatic N) is 1. The summed E-state index contributed by atoms with van der Waals surface area (Å²) in [5.74, 6) is 0.467. The Morgan fingerprint density at radius 2 is 2.16 bits per heavy atom. The van der Waals surface area contributed by atoms with Crippen LogP contribution in [0.15, 0.2) is 30.5 Å². The van der Waals surface area contributed by atoms with Gasteiger partial charge in [-0.2, -0.15) is 0 Å². The number of methoxy groups -OCH3 is 1. The second-order valence-electron chi connectivity index (χ2n) is 5.42. The van der Waals surface area contributed by atoms with Crippen molar-refractivity contribution in [2.45, 2.75) is 12.5 Å². The van der Waals surface area contributed by atoms with Crippen LogP contribution in [0.2, 0.25) is 10.0 Å². The summed E-state index contributed by atoms with van der Waals surface area (Å²) in [6.07, 6.45) is 2.14. The lowest BCUT2D eigenvalue weighted by Crippen LogP contribution is -2.17. The van der Waals surface area contributed by atoms with Crippen molar-refractivity contribution in [3.63, 3.8) is 0 Å². The third-order valence-corrected chi connectivity index (χ3v) is 4.21. The average Bonchev–Trinajstić information content (AvgIpc) is 3.10. The van der Waals surface area contributed by atoms with Gasteiger partial charge in [-0.15, -0.1) is 0 Å². The molecule has 0 aliphatic carbocycles.